The van der Waals surface area contributed by atoms with Crippen LogP contribution in [0.1, 0.15) is 54.3 Å². The number of hydrogen-bond donors (Lipinski definition) is 6. The van der Waals surface area contributed by atoms with Crippen LogP contribution in [0.2, 0.25) is 0 Å². The van der Waals surface area contributed by atoms with Crippen LogP contribution in [-0.2, 0) is 9.47 Å². The van der Waals surface area contributed by atoms with Crippen molar-refractivity contribution in [1.29, 1.82) is 0 Å². The number of phenolic OH excluding ortho intramolecular Hbond substituents is 6. The Morgan fingerprint density at radius 1 is 0.719 bits per heavy atom. The Bertz CT molecular complexity index is 890. The number of aromatic hydroxyl groups is 6. The lowest BCUT2D eigenvalue weighted by Gasteiger charge is -2.08. The first-order valence-corrected chi connectivity index (χ1v) is 9.81. The van der Waals surface area contributed by atoms with Gasteiger partial charge in [-0.3, -0.25) is 0 Å². The topological polar surface area (TPSA) is 174 Å². The monoisotopic (exact) mass is 452 g/mol. The molecule has 0 saturated carbocycles. The average Bonchev–Trinajstić information content (AvgIpc) is 2.73. The molecular weight excluding hydrogens is 424 g/mol. The van der Waals surface area contributed by atoms with Gasteiger partial charge in [0, 0.05) is 0 Å². The zero-order valence-corrected chi connectivity index (χ0v) is 18.0. The smallest absolute Gasteiger partial charge is 0.338 e. The summed E-state index contributed by atoms with van der Waals surface area (Å²) in [5.41, 5.74) is -0.00203. The molecule has 0 aliphatic heterocycles. The maximum absolute atomic E-state index is 11.5. The van der Waals surface area contributed by atoms with E-state index < -0.39 is 46.4 Å². The number of esters is 2. The highest BCUT2D eigenvalue weighted by molar-refractivity contribution is 5.91. The van der Waals surface area contributed by atoms with Crippen LogP contribution >= 0.6 is 0 Å². The maximum Gasteiger partial charge on any atom is 0.338 e. The highest BCUT2D eigenvalue weighted by Gasteiger charge is 2.15. The van der Waals surface area contributed by atoms with Crippen molar-refractivity contribution in [3.63, 3.8) is 0 Å². The Hall–Kier alpha value is -3.82. The summed E-state index contributed by atoms with van der Waals surface area (Å²) in [5, 5.41) is 54.9. The van der Waals surface area contributed by atoms with Gasteiger partial charge in [0.25, 0.3) is 0 Å². The van der Waals surface area contributed by atoms with Gasteiger partial charge in [0.2, 0.25) is 0 Å². The highest BCUT2D eigenvalue weighted by Crippen LogP contribution is 2.36. The zero-order valence-electron chi connectivity index (χ0n) is 18.0. The second-order valence-electron chi connectivity index (χ2n) is 7.18. The zero-order chi connectivity index (χ0) is 24.4. The third-order valence-corrected chi connectivity index (χ3v) is 3.98. The van der Waals surface area contributed by atoms with Crippen molar-refractivity contribution in [2.45, 2.75) is 33.6 Å². The summed E-state index contributed by atoms with van der Waals surface area (Å²) in [4.78, 5) is 22.8. The Kier molecular flexibility index (Phi) is 9.94. The molecule has 0 saturated heterocycles. The maximum atomic E-state index is 11.5. The number of phenols is 6. The molecule has 0 atom stereocenters. The standard InChI is InChI=1S/C12H16O5.C10H12O5/c1-7(2)3-4-17-12(16)8-5-9(13)11(15)10(14)6-8;1-2-3-15-10(14)6-4-7(11)9(13)8(12)5-6/h5-7,13-15H,3-4H2,1-2H3;4-5,11-13H,2-3H2,1H3. The summed E-state index contributed by atoms with van der Waals surface area (Å²) in [6.45, 7) is 6.40. The molecule has 0 spiro atoms. The van der Waals surface area contributed by atoms with Gasteiger partial charge in [0.1, 0.15) is 0 Å². The number of benzene rings is 2. The fourth-order valence-electron chi connectivity index (χ4n) is 2.19. The van der Waals surface area contributed by atoms with Crippen molar-refractivity contribution in [1.82, 2.24) is 0 Å². The first-order chi connectivity index (χ1) is 15.0. The minimum Gasteiger partial charge on any atom is -0.504 e. The van der Waals surface area contributed by atoms with Gasteiger partial charge in [0.05, 0.1) is 24.3 Å². The Balaban J connectivity index is 0.000000323. The molecule has 10 nitrogen and oxygen atoms in total. The van der Waals surface area contributed by atoms with Gasteiger partial charge in [-0.1, -0.05) is 20.8 Å². The van der Waals surface area contributed by atoms with Crippen molar-refractivity contribution in [3.05, 3.63) is 35.4 Å². The molecule has 0 unspecified atom stereocenters. The summed E-state index contributed by atoms with van der Waals surface area (Å²) in [5.74, 6) is -4.40. The van der Waals surface area contributed by atoms with Crippen LogP contribution in [0.5, 0.6) is 34.5 Å². The first kappa shape index (κ1) is 26.2. The number of carbonyl (C=O) groups is 2. The van der Waals surface area contributed by atoms with Crippen LogP contribution in [0.25, 0.3) is 0 Å². The van der Waals surface area contributed by atoms with Gasteiger partial charge in [-0.15, -0.1) is 0 Å². The molecular formula is C22H28O10. The van der Waals surface area contributed by atoms with E-state index in [0.717, 1.165) is 30.7 Å². The molecule has 10 heteroatoms. The number of hydrogen-bond acceptors (Lipinski definition) is 10. The largest absolute Gasteiger partial charge is 0.504 e. The Labute approximate surface area is 184 Å². The molecule has 0 bridgehead atoms. The van der Waals surface area contributed by atoms with Gasteiger partial charge >= 0.3 is 11.9 Å². The van der Waals surface area contributed by atoms with Crippen molar-refractivity contribution >= 4 is 11.9 Å². The van der Waals surface area contributed by atoms with Gasteiger partial charge < -0.3 is 40.1 Å². The van der Waals surface area contributed by atoms with E-state index >= 15 is 0 Å². The minimum atomic E-state index is -0.651. The van der Waals surface area contributed by atoms with Gasteiger partial charge in [-0.2, -0.15) is 0 Å². The number of ether oxygens (including phenoxy) is 2. The normalized spacial score (nSPS) is 10.2. The SMILES string of the molecule is CC(C)CCOC(=O)c1cc(O)c(O)c(O)c1.CCCOC(=O)c1cc(O)c(O)c(O)c1. The third-order valence-electron chi connectivity index (χ3n) is 3.98. The third kappa shape index (κ3) is 7.78. The molecule has 0 radical (unpaired) electrons. The van der Waals surface area contributed by atoms with E-state index in [2.05, 4.69) is 0 Å². The van der Waals surface area contributed by atoms with E-state index in [-0.39, 0.29) is 24.3 Å². The predicted octanol–water partition coefficient (Wildman–Crippen LogP) is 3.38. The number of rotatable bonds is 7. The van der Waals surface area contributed by atoms with Crippen molar-refractivity contribution in [2.24, 2.45) is 5.92 Å². The summed E-state index contributed by atoms with van der Waals surface area (Å²) in [7, 11) is 0. The van der Waals surface area contributed by atoms with Crippen LogP contribution < -0.4 is 0 Å². The lowest BCUT2D eigenvalue weighted by molar-refractivity contribution is 0.0483. The molecule has 6 N–H and O–H groups in total. The fraction of sp³-hybridized carbons (Fsp3) is 0.364. The van der Waals surface area contributed by atoms with Crippen LogP contribution in [0.15, 0.2) is 24.3 Å². The average molecular weight is 452 g/mol. The quantitative estimate of drug-likeness (QED) is 0.270. The lowest BCUT2D eigenvalue weighted by atomic mass is 10.1. The summed E-state index contributed by atoms with van der Waals surface area (Å²) >= 11 is 0. The summed E-state index contributed by atoms with van der Waals surface area (Å²) in [6, 6.07) is 4.17. The Morgan fingerprint density at radius 3 is 1.38 bits per heavy atom. The van der Waals surface area contributed by atoms with Crippen molar-refractivity contribution in [2.75, 3.05) is 13.2 Å². The summed E-state index contributed by atoms with van der Waals surface area (Å²) < 4.78 is 9.73. The molecule has 0 heterocycles. The van der Waals surface area contributed by atoms with Crippen molar-refractivity contribution < 1.29 is 49.7 Å². The van der Waals surface area contributed by atoms with E-state index in [0.29, 0.717) is 12.3 Å². The molecule has 0 aliphatic rings. The van der Waals surface area contributed by atoms with E-state index in [1.807, 2.05) is 20.8 Å². The molecule has 0 aliphatic carbocycles. The molecule has 0 amide bonds. The van der Waals surface area contributed by atoms with E-state index in [9.17, 15) is 19.8 Å². The molecule has 0 aromatic heterocycles. The predicted molar refractivity (Wildman–Crippen MR) is 113 cm³/mol. The molecule has 176 valence electrons. The number of carbonyl (C=O) groups excluding carboxylic acids is 2. The molecule has 0 fully saturated rings. The van der Waals surface area contributed by atoms with E-state index in [4.69, 9.17) is 29.9 Å². The van der Waals surface area contributed by atoms with Crippen molar-refractivity contribution in [3.8, 4) is 34.5 Å². The minimum absolute atomic E-state index is 0.00144. The van der Waals surface area contributed by atoms with Gasteiger partial charge in [0.15, 0.2) is 34.5 Å². The molecule has 2 rings (SSSR count). The van der Waals surface area contributed by atoms with E-state index in [1.165, 1.54) is 0 Å². The van der Waals surface area contributed by atoms with Crippen LogP contribution in [0.3, 0.4) is 0 Å². The Morgan fingerprint density at radius 2 is 1.06 bits per heavy atom. The second-order valence-corrected chi connectivity index (χ2v) is 7.18. The van der Waals surface area contributed by atoms with Gasteiger partial charge in [-0.25, -0.2) is 9.59 Å². The van der Waals surface area contributed by atoms with E-state index in [1.54, 1.807) is 0 Å². The lowest BCUT2D eigenvalue weighted by Crippen LogP contribution is -2.08. The van der Waals surface area contributed by atoms with Gasteiger partial charge in [-0.05, 0) is 43.0 Å². The van der Waals surface area contributed by atoms with Crippen LogP contribution in [0.4, 0.5) is 0 Å². The van der Waals surface area contributed by atoms with Crippen LogP contribution in [0, 0.1) is 5.92 Å². The fourth-order valence-corrected chi connectivity index (χ4v) is 2.19. The molecule has 2 aromatic carbocycles. The van der Waals surface area contributed by atoms with Crippen LogP contribution in [-0.4, -0.2) is 55.8 Å². The first-order valence-electron chi connectivity index (χ1n) is 9.81. The highest BCUT2D eigenvalue weighted by atomic mass is 16.5. The second kappa shape index (κ2) is 12.1. The molecule has 2 aromatic rings. The summed E-state index contributed by atoms with van der Waals surface area (Å²) in [6.07, 6.45) is 1.42. The molecule has 32 heavy (non-hydrogen) atoms.